The molecule has 4 unspecified atom stereocenters. The number of carboxylic acid groups (broad SMARTS) is 1. The Morgan fingerprint density at radius 3 is 2.03 bits per heavy atom. The number of phenolic OH excluding ortho intramolecular Hbond substituents is 1. The van der Waals surface area contributed by atoms with Crippen LogP contribution in [0.3, 0.4) is 0 Å². The van der Waals surface area contributed by atoms with Gasteiger partial charge in [-0.2, -0.15) is 0 Å². The summed E-state index contributed by atoms with van der Waals surface area (Å²) in [5, 5.41) is 34.3. The van der Waals surface area contributed by atoms with Crippen molar-refractivity contribution in [2.24, 2.45) is 11.5 Å². The van der Waals surface area contributed by atoms with Gasteiger partial charge >= 0.3 is 5.97 Å². The number of aliphatic hydroxyl groups excluding tert-OH is 1. The summed E-state index contributed by atoms with van der Waals surface area (Å²) < 4.78 is 0. The molecule has 4 atom stereocenters. The molecule has 1 aromatic carbocycles. The van der Waals surface area contributed by atoms with Crippen LogP contribution in [-0.2, 0) is 30.4 Å². The number of nitrogens with two attached hydrogens (primary N) is 2. The number of rotatable bonds is 12. The van der Waals surface area contributed by atoms with Crippen LogP contribution in [0.25, 0.3) is 0 Å². The third-order valence-corrected chi connectivity index (χ3v) is 4.28. The van der Waals surface area contributed by atoms with E-state index in [0.29, 0.717) is 5.56 Å². The van der Waals surface area contributed by atoms with Crippen LogP contribution in [0.1, 0.15) is 18.9 Å². The zero-order valence-electron chi connectivity index (χ0n) is 17.3. The first-order valence-electron chi connectivity index (χ1n) is 9.50. The highest BCUT2D eigenvalue weighted by Gasteiger charge is 2.30. The van der Waals surface area contributed by atoms with Crippen molar-refractivity contribution < 1.29 is 39.3 Å². The van der Waals surface area contributed by atoms with Crippen LogP contribution >= 0.6 is 0 Å². The number of primary amides is 1. The van der Waals surface area contributed by atoms with Gasteiger partial charge < -0.3 is 42.7 Å². The van der Waals surface area contributed by atoms with E-state index >= 15 is 0 Å². The summed E-state index contributed by atoms with van der Waals surface area (Å²) in [6.07, 6.45) is -1.92. The maximum Gasteiger partial charge on any atom is 0.322 e. The molecule has 0 radical (unpaired) electrons. The fourth-order valence-corrected chi connectivity index (χ4v) is 2.53. The van der Waals surface area contributed by atoms with Gasteiger partial charge in [-0.25, -0.2) is 0 Å². The lowest BCUT2D eigenvalue weighted by Crippen LogP contribution is -2.58. The van der Waals surface area contributed by atoms with E-state index in [0.717, 1.165) is 0 Å². The molecule has 10 N–H and O–H groups in total. The van der Waals surface area contributed by atoms with E-state index in [9.17, 15) is 34.2 Å². The Hall–Kier alpha value is -3.71. The van der Waals surface area contributed by atoms with Crippen LogP contribution in [0.4, 0.5) is 0 Å². The Bertz CT molecular complexity index is 843. The summed E-state index contributed by atoms with van der Waals surface area (Å²) in [5.74, 6) is -4.99. The predicted octanol–water partition coefficient (Wildman–Crippen LogP) is -3.31. The molecular weight excluding hydrogens is 426 g/mol. The maximum atomic E-state index is 12.8. The highest BCUT2D eigenvalue weighted by Crippen LogP contribution is 2.12. The first-order chi connectivity index (χ1) is 14.9. The van der Waals surface area contributed by atoms with Gasteiger partial charge in [0.1, 0.15) is 30.4 Å². The largest absolute Gasteiger partial charge is 0.508 e. The molecule has 0 aliphatic rings. The lowest BCUT2D eigenvalue weighted by molar-refractivity contribution is -0.139. The molecule has 1 rings (SSSR count). The Morgan fingerprint density at radius 2 is 1.53 bits per heavy atom. The molecule has 0 aromatic heterocycles. The number of amides is 4. The van der Waals surface area contributed by atoms with Gasteiger partial charge in [0.05, 0.1) is 12.5 Å². The minimum absolute atomic E-state index is 0.0217. The molecule has 176 valence electrons. The fourth-order valence-electron chi connectivity index (χ4n) is 2.53. The topological polar surface area (TPSA) is 234 Å². The minimum atomic E-state index is -1.50. The molecule has 4 amide bonds. The average molecular weight is 453 g/mol. The summed E-state index contributed by atoms with van der Waals surface area (Å²) in [7, 11) is 0. The van der Waals surface area contributed by atoms with Crippen molar-refractivity contribution in [1.29, 1.82) is 0 Å². The third-order valence-electron chi connectivity index (χ3n) is 4.28. The minimum Gasteiger partial charge on any atom is -0.508 e. The standard InChI is InChI=1S/C19H27N5O8/c1-9(25)16(21)19(32)24-12(6-10-2-4-11(26)5-3-10)18(31)23-13(7-14(20)27)17(30)22-8-15(28)29/h2-5,9,12-13,16,25-26H,6-8,21H2,1H3,(H2,20,27)(H,22,30)(H,23,31)(H,24,32)(H,28,29). The van der Waals surface area contributed by atoms with Crippen LogP contribution in [0, 0.1) is 0 Å². The molecule has 32 heavy (non-hydrogen) atoms. The molecule has 0 fully saturated rings. The number of aliphatic carboxylic acids is 1. The van der Waals surface area contributed by atoms with Gasteiger partial charge in [0, 0.05) is 6.42 Å². The van der Waals surface area contributed by atoms with Crippen molar-refractivity contribution in [3.05, 3.63) is 29.8 Å². The van der Waals surface area contributed by atoms with Gasteiger partial charge in [-0.15, -0.1) is 0 Å². The van der Waals surface area contributed by atoms with E-state index < -0.39 is 66.8 Å². The summed E-state index contributed by atoms with van der Waals surface area (Å²) in [4.78, 5) is 59.3. The van der Waals surface area contributed by atoms with Crippen molar-refractivity contribution in [3.63, 3.8) is 0 Å². The van der Waals surface area contributed by atoms with E-state index in [-0.39, 0.29) is 12.2 Å². The molecule has 13 nitrogen and oxygen atoms in total. The summed E-state index contributed by atoms with van der Waals surface area (Å²) in [6, 6.07) is 1.59. The van der Waals surface area contributed by atoms with Crippen molar-refractivity contribution in [2.75, 3.05) is 6.54 Å². The first kappa shape index (κ1) is 26.3. The number of carboxylic acids is 1. The van der Waals surface area contributed by atoms with Crippen LogP contribution < -0.4 is 27.4 Å². The van der Waals surface area contributed by atoms with Gasteiger partial charge in [0.2, 0.25) is 23.6 Å². The number of phenols is 1. The van der Waals surface area contributed by atoms with Crippen LogP contribution in [-0.4, -0.2) is 75.7 Å². The Kier molecular flexibility index (Phi) is 10.1. The van der Waals surface area contributed by atoms with Crippen molar-refractivity contribution >= 4 is 29.6 Å². The van der Waals surface area contributed by atoms with Crippen LogP contribution in [0.5, 0.6) is 5.75 Å². The maximum absolute atomic E-state index is 12.8. The monoisotopic (exact) mass is 453 g/mol. The second kappa shape index (κ2) is 12.2. The molecule has 0 saturated heterocycles. The van der Waals surface area contributed by atoms with E-state index in [1.165, 1.54) is 31.2 Å². The number of hydrogen-bond donors (Lipinski definition) is 8. The lowest BCUT2D eigenvalue weighted by atomic mass is 10.0. The quantitative estimate of drug-likeness (QED) is 0.158. The second-order valence-electron chi connectivity index (χ2n) is 7.04. The van der Waals surface area contributed by atoms with Gasteiger partial charge in [0.15, 0.2) is 0 Å². The number of aromatic hydroxyl groups is 1. The smallest absolute Gasteiger partial charge is 0.322 e. The van der Waals surface area contributed by atoms with Gasteiger partial charge in [-0.05, 0) is 24.6 Å². The van der Waals surface area contributed by atoms with Gasteiger partial charge in [-0.3, -0.25) is 24.0 Å². The van der Waals surface area contributed by atoms with Crippen LogP contribution in [0.15, 0.2) is 24.3 Å². The number of aliphatic hydroxyl groups is 1. The van der Waals surface area contributed by atoms with Gasteiger partial charge in [0.25, 0.3) is 0 Å². The number of carbonyl (C=O) groups excluding carboxylic acids is 4. The molecule has 0 aliphatic carbocycles. The Balaban J connectivity index is 3.06. The Morgan fingerprint density at radius 1 is 0.969 bits per heavy atom. The highest BCUT2D eigenvalue weighted by molar-refractivity contribution is 5.95. The number of hydrogen-bond acceptors (Lipinski definition) is 8. The summed E-state index contributed by atoms with van der Waals surface area (Å²) in [5.41, 5.74) is 11.2. The van der Waals surface area contributed by atoms with E-state index in [1.54, 1.807) is 0 Å². The molecule has 13 heteroatoms. The third kappa shape index (κ3) is 8.97. The highest BCUT2D eigenvalue weighted by atomic mass is 16.4. The lowest BCUT2D eigenvalue weighted by Gasteiger charge is -2.24. The molecular formula is C19H27N5O8. The summed E-state index contributed by atoms with van der Waals surface area (Å²) >= 11 is 0. The van der Waals surface area contributed by atoms with Crippen molar-refractivity contribution in [1.82, 2.24) is 16.0 Å². The van der Waals surface area contributed by atoms with Gasteiger partial charge in [-0.1, -0.05) is 12.1 Å². The zero-order chi connectivity index (χ0) is 24.4. The molecule has 0 aliphatic heterocycles. The second-order valence-corrected chi connectivity index (χ2v) is 7.04. The Labute approximate surface area is 183 Å². The molecule has 1 aromatic rings. The normalized spacial score (nSPS) is 14.3. The van der Waals surface area contributed by atoms with Crippen LogP contribution in [0.2, 0.25) is 0 Å². The summed E-state index contributed by atoms with van der Waals surface area (Å²) in [6.45, 7) is 0.538. The molecule has 0 heterocycles. The molecule has 0 saturated carbocycles. The van der Waals surface area contributed by atoms with E-state index in [1.807, 2.05) is 5.32 Å². The predicted molar refractivity (Wildman–Crippen MR) is 110 cm³/mol. The average Bonchev–Trinajstić information content (AvgIpc) is 2.71. The number of nitrogens with one attached hydrogen (secondary N) is 3. The first-order valence-corrected chi connectivity index (χ1v) is 9.50. The zero-order valence-corrected chi connectivity index (χ0v) is 17.3. The number of benzene rings is 1. The molecule has 0 spiro atoms. The molecule has 0 bridgehead atoms. The SMILES string of the molecule is CC(O)C(N)C(=O)NC(Cc1ccc(O)cc1)C(=O)NC(CC(N)=O)C(=O)NCC(=O)O. The van der Waals surface area contributed by atoms with Crippen molar-refractivity contribution in [2.45, 2.75) is 44.0 Å². The van der Waals surface area contributed by atoms with E-state index in [2.05, 4.69) is 10.6 Å². The van der Waals surface area contributed by atoms with E-state index in [4.69, 9.17) is 16.6 Å². The fraction of sp³-hybridized carbons (Fsp3) is 0.421. The number of carbonyl (C=O) groups is 5. The van der Waals surface area contributed by atoms with Crippen molar-refractivity contribution in [3.8, 4) is 5.75 Å².